The van der Waals surface area contributed by atoms with Crippen molar-refractivity contribution in [2.75, 3.05) is 33.0 Å². The van der Waals surface area contributed by atoms with Gasteiger partial charge in [-0.15, -0.1) is 0 Å². The number of unbranched alkanes of at least 4 members (excludes halogenated alkanes) is 14. The molecule has 0 bridgehead atoms. The number of hydroxylamine groups is 2. The van der Waals surface area contributed by atoms with Crippen LogP contribution in [0.1, 0.15) is 149 Å². The van der Waals surface area contributed by atoms with E-state index < -0.39 is 167 Å². The summed E-state index contributed by atoms with van der Waals surface area (Å²) < 4.78 is 34.7. The smallest absolute Gasteiger partial charge is 0.364 e. The monoisotopic (exact) mass is 1080 g/mol. The molecule has 0 aromatic carbocycles. The van der Waals surface area contributed by atoms with Gasteiger partial charge in [-0.1, -0.05) is 111 Å². The molecule has 24 heteroatoms. The normalized spacial score (nSPS) is 34.6. The molecule has 4 rings (SSSR count). The van der Waals surface area contributed by atoms with Gasteiger partial charge in [0.1, 0.15) is 73.4 Å². The Kier molecular flexibility index (Phi) is 29.1. The van der Waals surface area contributed by atoms with Gasteiger partial charge in [0.05, 0.1) is 56.8 Å². The number of carboxylic acids is 1. The second kappa shape index (κ2) is 33.4. The van der Waals surface area contributed by atoms with Crippen molar-refractivity contribution in [2.24, 2.45) is 5.92 Å². The average molecular weight is 1090 g/mol. The van der Waals surface area contributed by atoms with Crippen molar-refractivity contribution in [3.63, 3.8) is 0 Å². The third-order valence-electron chi connectivity index (χ3n) is 15.1. The Bertz CT molecular complexity index is 1620. The molecule has 4 fully saturated rings. The number of amides is 1. The molecule has 0 aromatic rings. The van der Waals surface area contributed by atoms with Gasteiger partial charge in [0, 0.05) is 25.3 Å². The number of carbonyl (C=O) groups excluding carboxylic acids is 2. The average Bonchev–Trinajstić information content (AvgIpc) is 3.86. The quantitative estimate of drug-likeness (QED) is 0.0276. The zero-order valence-corrected chi connectivity index (χ0v) is 44.1. The molecule has 24 nitrogen and oxygen atoms in total. The van der Waals surface area contributed by atoms with E-state index >= 15 is 0 Å². The Morgan fingerprint density at radius 2 is 1.36 bits per heavy atom. The number of aliphatic hydroxyl groups excluding tert-OH is 11. The first-order valence-electron chi connectivity index (χ1n) is 27.5. The summed E-state index contributed by atoms with van der Waals surface area (Å²) in [4.78, 5) is 43.5. The van der Waals surface area contributed by atoms with Crippen LogP contribution in [0.15, 0.2) is 0 Å². The summed E-state index contributed by atoms with van der Waals surface area (Å²) in [6.45, 7) is 2.28. The van der Waals surface area contributed by atoms with Gasteiger partial charge in [-0.3, -0.25) is 9.63 Å². The molecule has 75 heavy (non-hydrogen) atoms. The molecule has 20 atom stereocenters. The SMILES string of the molecule is CCCCCCCCCCCCCCCCCC(=O)N[C@@H](CO[C@H]1O[C@H](CO)[C@@H](O[C@@H]2OC(CO)[C@H](O)[C@H](OC3(C(=O)O)CC(O)[C@H](C)[C@H]([C@H](O)[C@@H](CO)ON4CCC[C@H]4C=O)O3)C2O)C(O)C1O)[C@H](O)[C@H](O)CC. The molecule has 0 radical (unpaired) electrons. The second-order valence-electron chi connectivity index (χ2n) is 20.8. The van der Waals surface area contributed by atoms with E-state index in [2.05, 4.69) is 12.2 Å². The highest BCUT2D eigenvalue weighted by Crippen LogP contribution is 2.40. The van der Waals surface area contributed by atoms with E-state index in [0.29, 0.717) is 25.5 Å². The molecule has 0 spiro atoms. The van der Waals surface area contributed by atoms with Crippen LogP contribution in [0.25, 0.3) is 0 Å². The first-order chi connectivity index (χ1) is 35.9. The number of aliphatic carboxylic acids is 1. The maximum absolute atomic E-state index is 13.1. The predicted octanol–water partition coefficient (Wildman–Crippen LogP) is -0.587. The maximum atomic E-state index is 13.1. The molecular formula is C51H92N2O22. The number of nitrogens with zero attached hydrogens (tertiary/aromatic N) is 1. The zero-order valence-electron chi connectivity index (χ0n) is 44.1. The minimum absolute atomic E-state index is 0.119. The number of carboxylic acid groups (broad SMARTS) is 1. The van der Waals surface area contributed by atoms with Gasteiger partial charge in [0.15, 0.2) is 12.6 Å². The highest BCUT2D eigenvalue weighted by Gasteiger charge is 2.59. The van der Waals surface area contributed by atoms with Crippen LogP contribution in [0.2, 0.25) is 0 Å². The molecule has 0 saturated carbocycles. The molecule has 4 aliphatic heterocycles. The van der Waals surface area contributed by atoms with Crippen LogP contribution in [0.5, 0.6) is 0 Å². The first kappa shape index (κ1) is 65.4. The van der Waals surface area contributed by atoms with Crippen LogP contribution >= 0.6 is 0 Å². The fourth-order valence-corrected chi connectivity index (χ4v) is 10.2. The van der Waals surface area contributed by atoms with Crippen molar-refractivity contribution in [3.8, 4) is 0 Å². The van der Waals surface area contributed by atoms with Crippen LogP contribution in [-0.2, 0) is 47.6 Å². The predicted molar refractivity (Wildman–Crippen MR) is 264 cm³/mol. The van der Waals surface area contributed by atoms with E-state index in [4.69, 9.17) is 33.3 Å². The van der Waals surface area contributed by atoms with E-state index in [1.807, 2.05) is 0 Å². The lowest BCUT2D eigenvalue weighted by Gasteiger charge is -2.50. The third kappa shape index (κ3) is 18.7. The molecule has 6 unspecified atom stereocenters. The fraction of sp³-hybridized carbons (Fsp3) is 0.941. The topological polar surface area (TPSA) is 374 Å². The van der Waals surface area contributed by atoms with Gasteiger partial charge in [-0.05, 0) is 25.7 Å². The molecule has 13 N–H and O–H groups in total. The summed E-state index contributed by atoms with van der Waals surface area (Å²) in [5.74, 6) is -6.28. The maximum Gasteiger partial charge on any atom is 0.364 e. The second-order valence-corrected chi connectivity index (χ2v) is 20.8. The van der Waals surface area contributed by atoms with Crippen molar-refractivity contribution in [2.45, 2.75) is 265 Å². The highest BCUT2D eigenvalue weighted by molar-refractivity contribution is 5.76. The summed E-state index contributed by atoms with van der Waals surface area (Å²) >= 11 is 0. The Morgan fingerprint density at radius 3 is 1.91 bits per heavy atom. The Morgan fingerprint density at radius 1 is 0.773 bits per heavy atom. The van der Waals surface area contributed by atoms with Gasteiger partial charge < -0.3 is 99.8 Å². The summed E-state index contributed by atoms with van der Waals surface area (Å²) in [5, 5.41) is 135. The largest absolute Gasteiger partial charge is 0.477 e. The summed E-state index contributed by atoms with van der Waals surface area (Å²) in [6, 6.07) is -1.89. The molecule has 438 valence electrons. The lowest BCUT2D eigenvalue weighted by Crippen LogP contribution is -2.68. The minimum atomic E-state index is -2.95. The summed E-state index contributed by atoms with van der Waals surface area (Å²) in [7, 11) is 0. The standard InChI is InChI=1S/C51H92N2O22/c1-4-6-7-8-9-10-11-12-13-14-15-16-17-18-19-22-38(60)52-32(39(61)33(58)5-2)29-69-48-43(65)42(64)46(37(28-57)71-48)72-49-44(66)47(40(62)35(26-55)70-49)74-51(50(67)68)24-34(59)30(3)45(73-51)41(63)36(27-56)75-53-23-20-21-31(53)25-54/h25,30-37,39-49,55-59,61-66H,4-24,26-29H2,1-3H3,(H,52,60)(H,67,68)/t30-,31-,32-,33+,34?,35?,36+,37+,39-,40-,41+,42?,43?,44?,45+,46+,47-,48-,49-,51?/m0/s1. The van der Waals surface area contributed by atoms with E-state index in [1.165, 1.54) is 76.2 Å². The molecule has 0 aromatic heterocycles. The van der Waals surface area contributed by atoms with Gasteiger partial charge >= 0.3 is 5.97 Å². The third-order valence-corrected chi connectivity index (χ3v) is 15.1. The zero-order chi connectivity index (χ0) is 55.2. The number of hydrogen-bond acceptors (Lipinski definition) is 22. The molecular weight excluding hydrogens is 993 g/mol. The van der Waals surface area contributed by atoms with Crippen LogP contribution in [0, 0.1) is 5.92 Å². The van der Waals surface area contributed by atoms with Crippen LogP contribution in [0.4, 0.5) is 0 Å². The Hall–Kier alpha value is -2.15. The van der Waals surface area contributed by atoms with Crippen molar-refractivity contribution in [1.82, 2.24) is 10.4 Å². The number of aliphatic hydroxyl groups is 11. The number of hydrogen-bond donors (Lipinski definition) is 13. The Labute approximate surface area is 440 Å². The molecule has 0 aliphatic carbocycles. The Balaban J connectivity index is 1.35. The lowest BCUT2D eigenvalue weighted by molar-refractivity contribution is -0.389. The van der Waals surface area contributed by atoms with Crippen molar-refractivity contribution < 1.29 is 109 Å². The summed E-state index contributed by atoms with van der Waals surface area (Å²) in [5.41, 5.74) is 0. The van der Waals surface area contributed by atoms with E-state index in [9.17, 15) is 75.7 Å². The molecule has 1 amide bonds. The number of rotatable bonds is 36. The first-order valence-corrected chi connectivity index (χ1v) is 27.5. The van der Waals surface area contributed by atoms with Crippen LogP contribution in [-0.4, -0.2) is 233 Å². The van der Waals surface area contributed by atoms with Crippen LogP contribution < -0.4 is 5.32 Å². The van der Waals surface area contributed by atoms with Crippen molar-refractivity contribution in [1.29, 1.82) is 0 Å². The van der Waals surface area contributed by atoms with Crippen LogP contribution in [0.3, 0.4) is 0 Å². The highest BCUT2D eigenvalue weighted by atomic mass is 16.8. The fourth-order valence-electron chi connectivity index (χ4n) is 10.2. The van der Waals surface area contributed by atoms with Crippen molar-refractivity contribution >= 4 is 18.2 Å². The number of nitrogens with one attached hydrogen (secondary N) is 1. The summed E-state index contributed by atoms with van der Waals surface area (Å²) in [6.07, 6.45) is -10.00. The van der Waals surface area contributed by atoms with E-state index in [0.717, 1.165) is 25.7 Å². The number of ether oxygens (including phenoxy) is 6. The lowest BCUT2D eigenvalue weighted by atomic mass is 9.84. The number of carbonyl (C=O) groups is 3. The molecule has 4 heterocycles. The minimum Gasteiger partial charge on any atom is -0.477 e. The molecule has 4 aliphatic rings. The van der Waals surface area contributed by atoms with Crippen molar-refractivity contribution in [3.05, 3.63) is 0 Å². The van der Waals surface area contributed by atoms with E-state index in [-0.39, 0.29) is 19.4 Å². The van der Waals surface area contributed by atoms with Gasteiger partial charge in [0.2, 0.25) is 5.91 Å². The van der Waals surface area contributed by atoms with Gasteiger partial charge in [-0.25, -0.2) is 4.79 Å². The van der Waals surface area contributed by atoms with Gasteiger partial charge in [-0.2, -0.15) is 5.06 Å². The van der Waals surface area contributed by atoms with E-state index in [1.54, 1.807) is 6.92 Å². The molecule has 4 saturated heterocycles. The number of aldehydes is 1. The van der Waals surface area contributed by atoms with Gasteiger partial charge in [0.25, 0.3) is 5.79 Å².